The van der Waals surface area contributed by atoms with Gasteiger partial charge in [0.15, 0.2) is 0 Å². The van der Waals surface area contributed by atoms with E-state index >= 15 is 0 Å². The van der Waals surface area contributed by atoms with Gasteiger partial charge in [-0.15, -0.1) is 0 Å². The van der Waals surface area contributed by atoms with E-state index in [4.69, 9.17) is 4.74 Å². The van der Waals surface area contributed by atoms with Gasteiger partial charge in [0.1, 0.15) is 0 Å². The molecule has 3 nitrogen and oxygen atoms in total. The van der Waals surface area contributed by atoms with Gasteiger partial charge < -0.3 is 14.9 Å². The smallest absolute Gasteiger partial charge is 0.0844 e. The summed E-state index contributed by atoms with van der Waals surface area (Å²) in [7, 11) is 0. The Morgan fingerprint density at radius 1 is 0.347 bits per heavy atom. The van der Waals surface area contributed by atoms with Crippen molar-refractivity contribution in [3.05, 3.63) is 0 Å². The summed E-state index contributed by atoms with van der Waals surface area (Å²) in [6.45, 7) is 0. The van der Waals surface area contributed by atoms with Crippen LogP contribution in [0, 0.1) is 23.7 Å². The Bertz CT molecular complexity index is 713. The summed E-state index contributed by atoms with van der Waals surface area (Å²) < 4.78 is 5.73. The lowest BCUT2D eigenvalue weighted by atomic mass is 9.84. The molecule has 0 aromatic heterocycles. The lowest BCUT2D eigenvalue weighted by Crippen LogP contribution is -2.17. The largest absolute Gasteiger partial charge is 0.393 e. The van der Waals surface area contributed by atoms with Crippen LogP contribution >= 0.6 is 0 Å². The summed E-state index contributed by atoms with van der Waals surface area (Å²) in [5, 5.41) is 19.5. The van der Waals surface area contributed by atoms with Crippen LogP contribution in [-0.2, 0) is 4.74 Å². The number of epoxide rings is 1. The van der Waals surface area contributed by atoms with Gasteiger partial charge in [-0.25, -0.2) is 0 Å². The minimum atomic E-state index is 0.00222. The molecule has 3 unspecified atom stereocenters. The number of aliphatic hydroxyl groups excluding tert-OH is 2. The second-order valence-corrected chi connectivity index (χ2v) is 18.3. The van der Waals surface area contributed by atoms with Crippen molar-refractivity contribution in [2.45, 2.75) is 268 Å². The first kappa shape index (κ1) is 41.6. The van der Waals surface area contributed by atoms with Crippen molar-refractivity contribution in [2.24, 2.45) is 23.7 Å². The molecule has 4 fully saturated rings. The van der Waals surface area contributed by atoms with Crippen molar-refractivity contribution in [1.82, 2.24) is 0 Å². The number of hydrogen-bond donors (Lipinski definition) is 2. The maximum Gasteiger partial charge on any atom is 0.0844 e. The molecule has 3 atom stereocenters. The Balaban J connectivity index is 0.963. The third kappa shape index (κ3) is 20.1. The first-order valence-electron chi connectivity index (χ1n) is 23.2. The van der Waals surface area contributed by atoms with E-state index in [1.807, 2.05) is 0 Å². The predicted molar refractivity (Wildman–Crippen MR) is 210 cm³/mol. The summed E-state index contributed by atoms with van der Waals surface area (Å²) in [6, 6.07) is 0. The molecule has 0 radical (unpaired) electrons. The van der Waals surface area contributed by atoms with Crippen molar-refractivity contribution >= 4 is 0 Å². The normalized spacial score (nSPS) is 29.1. The van der Waals surface area contributed by atoms with Crippen LogP contribution in [0.4, 0.5) is 0 Å². The summed E-state index contributed by atoms with van der Waals surface area (Å²) in [5.74, 6) is 3.79. The Kier molecular flexibility index (Phi) is 22.6. The third-order valence-electron chi connectivity index (χ3n) is 13.9. The molecule has 3 heteroatoms. The average Bonchev–Trinajstić information content (AvgIpc) is 3.90. The van der Waals surface area contributed by atoms with E-state index < -0.39 is 0 Å². The maximum atomic E-state index is 9.74. The van der Waals surface area contributed by atoms with Crippen LogP contribution in [-0.4, -0.2) is 34.6 Å². The molecule has 0 spiro atoms. The molecule has 1 heterocycles. The summed E-state index contributed by atoms with van der Waals surface area (Å²) in [6.07, 6.45) is 54.2. The fraction of sp³-hybridized carbons (Fsp3) is 1.00. The van der Waals surface area contributed by atoms with E-state index in [2.05, 4.69) is 0 Å². The predicted octanol–water partition coefficient (Wildman–Crippen LogP) is 13.8. The number of unbranched alkanes of at least 4 members (excludes halogenated alkanes) is 18. The molecule has 4 aliphatic rings. The van der Waals surface area contributed by atoms with Gasteiger partial charge in [-0.3, -0.25) is 0 Å². The SMILES string of the molecule is OC1CCC(CCCCCCCCCC(CCCCCCCCCC2CCC(O)CC2)CCCCCCCCCC2CCC3OC3C2)CC1. The van der Waals surface area contributed by atoms with Gasteiger partial charge >= 0.3 is 0 Å². The first-order valence-corrected chi connectivity index (χ1v) is 23.2. The van der Waals surface area contributed by atoms with Gasteiger partial charge in [-0.05, 0) is 94.3 Å². The highest BCUT2D eigenvalue weighted by atomic mass is 16.6. The number of rotatable bonds is 30. The molecular formula is C46H86O3. The highest BCUT2D eigenvalue weighted by Gasteiger charge is 2.43. The Morgan fingerprint density at radius 3 is 1.06 bits per heavy atom. The van der Waals surface area contributed by atoms with Gasteiger partial charge in [0.2, 0.25) is 0 Å². The molecule has 1 saturated heterocycles. The highest BCUT2D eigenvalue weighted by molar-refractivity contribution is 4.91. The highest BCUT2D eigenvalue weighted by Crippen LogP contribution is 2.41. The van der Waals surface area contributed by atoms with Gasteiger partial charge in [0, 0.05) is 0 Å². The average molecular weight is 687 g/mol. The number of aliphatic hydroxyl groups is 2. The van der Waals surface area contributed by atoms with Crippen LogP contribution in [0.1, 0.15) is 244 Å². The molecule has 4 rings (SSSR count). The monoisotopic (exact) mass is 687 g/mol. The molecule has 0 bridgehead atoms. The molecular weight excluding hydrogens is 601 g/mol. The second kappa shape index (κ2) is 26.6. The maximum absolute atomic E-state index is 9.74. The van der Waals surface area contributed by atoms with Crippen molar-refractivity contribution in [3.8, 4) is 0 Å². The molecule has 2 N–H and O–H groups in total. The molecule has 1 aliphatic heterocycles. The van der Waals surface area contributed by atoms with Crippen LogP contribution in [0.2, 0.25) is 0 Å². The van der Waals surface area contributed by atoms with Crippen molar-refractivity contribution in [3.63, 3.8) is 0 Å². The molecule has 0 amide bonds. The minimum absolute atomic E-state index is 0.00222. The van der Waals surface area contributed by atoms with Gasteiger partial charge in [0.25, 0.3) is 0 Å². The van der Waals surface area contributed by atoms with Crippen LogP contribution < -0.4 is 0 Å². The summed E-state index contributed by atoms with van der Waals surface area (Å²) in [5.41, 5.74) is 0. The van der Waals surface area contributed by atoms with Crippen molar-refractivity contribution < 1.29 is 14.9 Å². The molecule has 0 aromatic carbocycles. The van der Waals surface area contributed by atoms with Gasteiger partial charge in [-0.1, -0.05) is 173 Å². The van der Waals surface area contributed by atoms with Gasteiger partial charge in [-0.2, -0.15) is 0 Å². The zero-order chi connectivity index (χ0) is 34.2. The lowest BCUT2D eigenvalue weighted by Gasteiger charge is -2.25. The fourth-order valence-corrected chi connectivity index (χ4v) is 10.3. The second-order valence-electron chi connectivity index (χ2n) is 18.3. The van der Waals surface area contributed by atoms with Crippen molar-refractivity contribution in [2.75, 3.05) is 0 Å². The topological polar surface area (TPSA) is 53.0 Å². The van der Waals surface area contributed by atoms with Crippen LogP contribution in [0.3, 0.4) is 0 Å². The number of hydrogen-bond acceptors (Lipinski definition) is 3. The standard InChI is InChI=1S/C46H86O3/c47-43-33-28-40(29-34-43)25-19-13-7-1-4-10-16-22-39(23-17-11-5-2-8-14-20-26-41-30-35-44(48)36-31-41)24-18-12-6-3-9-15-21-27-42-32-37-45-46(38-42)49-45/h39-48H,1-38H2. The fourth-order valence-electron chi connectivity index (χ4n) is 10.3. The van der Waals surface area contributed by atoms with E-state index in [9.17, 15) is 10.2 Å². The number of ether oxygens (including phenoxy) is 1. The zero-order valence-electron chi connectivity index (χ0n) is 32.8. The lowest BCUT2D eigenvalue weighted by molar-refractivity contribution is 0.105. The third-order valence-corrected chi connectivity index (χ3v) is 13.9. The Morgan fingerprint density at radius 2 is 0.673 bits per heavy atom. The summed E-state index contributed by atoms with van der Waals surface area (Å²) in [4.78, 5) is 0. The van der Waals surface area contributed by atoms with Crippen LogP contribution in [0.25, 0.3) is 0 Å². The first-order chi connectivity index (χ1) is 24.2. The minimum Gasteiger partial charge on any atom is -0.393 e. The van der Waals surface area contributed by atoms with Crippen LogP contribution in [0.5, 0.6) is 0 Å². The van der Waals surface area contributed by atoms with E-state index in [0.717, 1.165) is 49.4 Å². The van der Waals surface area contributed by atoms with Gasteiger partial charge in [0.05, 0.1) is 24.4 Å². The molecule has 3 aliphatic carbocycles. The van der Waals surface area contributed by atoms with E-state index in [1.54, 1.807) is 0 Å². The van der Waals surface area contributed by atoms with E-state index in [1.165, 1.54) is 218 Å². The molecule has 49 heavy (non-hydrogen) atoms. The van der Waals surface area contributed by atoms with E-state index in [0.29, 0.717) is 12.2 Å². The Hall–Kier alpha value is -0.120. The quantitative estimate of drug-likeness (QED) is 0.0584. The zero-order valence-corrected chi connectivity index (χ0v) is 32.8. The molecule has 0 aromatic rings. The number of fused-ring (bicyclic) bond motifs is 1. The van der Waals surface area contributed by atoms with Crippen LogP contribution in [0.15, 0.2) is 0 Å². The Labute approximate surface area is 306 Å². The van der Waals surface area contributed by atoms with Crippen molar-refractivity contribution in [1.29, 1.82) is 0 Å². The van der Waals surface area contributed by atoms with E-state index in [-0.39, 0.29) is 12.2 Å². The molecule has 3 saturated carbocycles. The molecule has 288 valence electrons. The summed E-state index contributed by atoms with van der Waals surface area (Å²) >= 11 is 0.